The Labute approximate surface area is 199 Å². The second-order valence-corrected chi connectivity index (χ2v) is 12.1. The molecule has 33 heavy (non-hydrogen) atoms. The van der Waals surface area contributed by atoms with Crippen LogP contribution in [-0.2, 0) is 10.9 Å². The number of fused-ring (bicyclic) bond motifs is 5. The van der Waals surface area contributed by atoms with Crippen LogP contribution in [0.5, 0.6) is 5.75 Å². The summed E-state index contributed by atoms with van der Waals surface area (Å²) in [7, 11) is -0.305. The second-order valence-electron chi connectivity index (χ2n) is 10.1. The zero-order valence-electron chi connectivity index (χ0n) is 19.3. The molecule has 3 aromatic rings. The zero-order valence-corrected chi connectivity index (χ0v) is 20.1. The molecule has 3 fully saturated rings. The Kier molecular flexibility index (Phi) is 5.49. The van der Waals surface area contributed by atoms with E-state index in [1.807, 2.05) is 24.3 Å². The molecule has 6 rings (SSSR count). The fraction of sp³-hybridized carbons (Fsp3) is 0.400. The number of rotatable bonds is 6. The Hall–Kier alpha value is -2.26. The van der Waals surface area contributed by atoms with Gasteiger partial charge in [0.1, 0.15) is 5.60 Å². The summed E-state index contributed by atoms with van der Waals surface area (Å²) in [5, 5.41) is 0. The first kappa shape index (κ1) is 21.3. The van der Waals surface area contributed by atoms with E-state index in [1.165, 1.54) is 35.5 Å². The van der Waals surface area contributed by atoms with Crippen LogP contribution in [0.3, 0.4) is 0 Å². The maximum atomic E-state index is 15.2. The summed E-state index contributed by atoms with van der Waals surface area (Å²) < 4.78 is 22.0. The largest absolute Gasteiger partial charge is 0.484 e. The maximum Gasteiger partial charge on any atom is 0.170 e. The molecular formula is C30H32FOS+. The zero-order chi connectivity index (χ0) is 22.4. The standard InChI is InChI=1S/C30H32FOS/c1-2-30(20-21-18-27(30)26-15-9-14-25(21)26)32-29-19-24(16-17-28(29)31)33(22-10-5-3-6-11-22)23-12-7-4-8-13-23/h3-8,10-13,16-17,19,21,25-27H,2,9,14-15,18,20H2,1H3/q+1. The number of ether oxygens (including phenoxy) is 1. The lowest BCUT2D eigenvalue weighted by Crippen LogP contribution is -2.46. The number of benzene rings is 3. The topological polar surface area (TPSA) is 9.23 Å². The molecular weight excluding hydrogens is 427 g/mol. The minimum Gasteiger partial charge on any atom is -0.484 e. The van der Waals surface area contributed by atoms with Crippen LogP contribution < -0.4 is 4.74 Å². The molecule has 170 valence electrons. The van der Waals surface area contributed by atoms with E-state index in [0.29, 0.717) is 11.7 Å². The Balaban J connectivity index is 1.37. The van der Waals surface area contributed by atoms with E-state index >= 15 is 4.39 Å². The Bertz CT molecular complexity index is 1080. The normalized spacial score (nSPS) is 30.0. The summed E-state index contributed by atoms with van der Waals surface area (Å²) in [4.78, 5) is 3.58. The molecule has 0 saturated heterocycles. The predicted octanol–water partition coefficient (Wildman–Crippen LogP) is 7.90. The SMILES string of the molecule is CCC1(Oc2cc([S+](c3ccccc3)c3ccccc3)ccc2F)CC2CC1C1CCCC21. The van der Waals surface area contributed by atoms with Gasteiger partial charge >= 0.3 is 0 Å². The highest BCUT2D eigenvalue weighted by atomic mass is 32.2. The first-order chi connectivity index (χ1) is 16.2. The molecule has 0 amide bonds. The molecule has 3 aromatic carbocycles. The predicted molar refractivity (Wildman–Crippen MR) is 132 cm³/mol. The lowest BCUT2D eigenvalue weighted by atomic mass is 9.71. The molecule has 0 N–H and O–H groups in total. The Morgan fingerprint density at radius 2 is 1.55 bits per heavy atom. The van der Waals surface area contributed by atoms with Crippen molar-refractivity contribution in [2.24, 2.45) is 23.7 Å². The minimum absolute atomic E-state index is 0.201. The lowest BCUT2D eigenvalue weighted by Gasteiger charge is -2.42. The van der Waals surface area contributed by atoms with Gasteiger partial charge in [0.25, 0.3) is 0 Å². The average molecular weight is 460 g/mol. The first-order valence-electron chi connectivity index (χ1n) is 12.5. The van der Waals surface area contributed by atoms with Crippen molar-refractivity contribution in [3.05, 3.63) is 84.7 Å². The van der Waals surface area contributed by atoms with Gasteiger partial charge in [0.05, 0.1) is 10.9 Å². The van der Waals surface area contributed by atoms with Gasteiger partial charge in [-0.15, -0.1) is 0 Å². The summed E-state index contributed by atoms with van der Waals surface area (Å²) in [5.74, 6) is 3.26. The second kappa shape index (κ2) is 8.51. The van der Waals surface area contributed by atoms with E-state index < -0.39 is 0 Å². The van der Waals surface area contributed by atoms with Gasteiger partial charge in [-0.3, -0.25) is 0 Å². The fourth-order valence-corrected chi connectivity index (χ4v) is 9.34. The van der Waals surface area contributed by atoms with Crippen molar-refractivity contribution in [3.8, 4) is 5.75 Å². The van der Waals surface area contributed by atoms with Crippen molar-refractivity contribution in [2.45, 2.75) is 65.7 Å². The van der Waals surface area contributed by atoms with Crippen molar-refractivity contribution in [2.75, 3.05) is 0 Å². The Morgan fingerprint density at radius 1 is 0.879 bits per heavy atom. The quantitative estimate of drug-likeness (QED) is 0.340. The molecule has 0 radical (unpaired) electrons. The number of hydrogen-bond donors (Lipinski definition) is 0. The van der Waals surface area contributed by atoms with Gasteiger partial charge in [0.15, 0.2) is 26.3 Å². The summed E-state index contributed by atoms with van der Waals surface area (Å²) in [5.41, 5.74) is -0.201. The van der Waals surface area contributed by atoms with Gasteiger partial charge in [-0.05, 0) is 86.3 Å². The van der Waals surface area contributed by atoms with E-state index in [2.05, 4.69) is 55.5 Å². The van der Waals surface area contributed by atoms with Crippen LogP contribution in [0.25, 0.3) is 0 Å². The van der Waals surface area contributed by atoms with Gasteiger partial charge in [-0.1, -0.05) is 49.7 Å². The molecule has 0 heterocycles. The first-order valence-corrected chi connectivity index (χ1v) is 13.7. The van der Waals surface area contributed by atoms with Crippen LogP contribution in [0, 0.1) is 29.5 Å². The molecule has 3 heteroatoms. The van der Waals surface area contributed by atoms with E-state index in [4.69, 9.17) is 4.74 Å². The van der Waals surface area contributed by atoms with Crippen LogP contribution in [0.2, 0.25) is 0 Å². The Morgan fingerprint density at radius 3 is 2.21 bits per heavy atom. The van der Waals surface area contributed by atoms with Crippen LogP contribution in [0.4, 0.5) is 4.39 Å². The monoisotopic (exact) mass is 459 g/mol. The van der Waals surface area contributed by atoms with Crippen molar-refractivity contribution in [1.29, 1.82) is 0 Å². The molecule has 0 aromatic heterocycles. The van der Waals surface area contributed by atoms with Gasteiger partial charge in [-0.25, -0.2) is 4.39 Å². The van der Waals surface area contributed by atoms with Crippen molar-refractivity contribution >= 4 is 10.9 Å². The van der Waals surface area contributed by atoms with Gasteiger partial charge in [0.2, 0.25) is 0 Å². The third-order valence-corrected chi connectivity index (χ3v) is 10.8. The molecule has 3 aliphatic carbocycles. The summed E-state index contributed by atoms with van der Waals surface area (Å²) in [6.45, 7) is 2.24. The summed E-state index contributed by atoms with van der Waals surface area (Å²) >= 11 is 0. The average Bonchev–Trinajstić information content (AvgIpc) is 3.56. The van der Waals surface area contributed by atoms with E-state index in [0.717, 1.165) is 35.5 Å². The van der Waals surface area contributed by atoms with Gasteiger partial charge in [-0.2, -0.15) is 0 Å². The molecule has 1 nitrogen and oxygen atoms in total. The molecule has 2 bridgehead atoms. The van der Waals surface area contributed by atoms with Crippen molar-refractivity contribution < 1.29 is 9.13 Å². The van der Waals surface area contributed by atoms with Crippen LogP contribution in [0.15, 0.2) is 93.5 Å². The highest BCUT2D eigenvalue weighted by molar-refractivity contribution is 7.97. The van der Waals surface area contributed by atoms with E-state index in [9.17, 15) is 0 Å². The molecule has 0 spiro atoms. The summed E-state index contributed by atoms with van der Waals surface area (Å²) in [6.07, 6.45) is 7.44. The fourth-order valence-electron chi connectivity index (χ4n) is 7.24. The molecule has 3 aliphatic rings. The van der Waals surface area contributed by atoms with Crippen LogP contribution in [0.1, 0.15) is 45.4 Å². The van der Waals surface area contributed by atoms with Crippen molar-refractivity contribution in [1.82, 2.24) is 0 Å². The maximum absolute atomic E-state index is 15.2. The third kappa shape index (κ3) is 3.60. The molecule has 0 aliphatic heterocycles. The molecule has 5 unspecified atom stereocenters. The van der Waals surface area contributed by atoms with Crippen LogP contribution in [-0.4, -0.2) is 5.60 Å². The number of halogens is 1. The lowest BCUT2D eigenvalue weighted by molar-refractivity contribution is -0.0283. The van der Waals surface area contributed by atoms with Gasteiger partial charge in [0, 0.05) is 12.0 Å². The smallest absolute Gasteiger partial charge is 0.170 e. The highest BCUT2D eigenvalue weighted by Crippen LogP contribution is 2.64. The molecule has 3 saturated carbocycles. The van der Waals surface area contributed by atoms with Crippen molar-refractivity contribution in [3.63, 3.8) is 0 Å². The highest BCUT2D eigenvalue weighted by Gasteiger charge is 2.61. The van der Waals surface area contributed by atoms with E-state index in [-0.39, 0.29) is 22.3 Å². The molecule has 5 atom stereocenters. The van der Waals surface area contributed by atoms with E-state index in [1.54, 1.807) is 6.07 Å². The number of hydrogen-bond acceptors (Lipinski definition) is 1. The van der Waals surface area contributed by atoms with Crippen LogP contribution >= 0.6 is 0 Å². The van der Waals surface area contributed by atoms with Gasteiger partial charge < -0.3 is 4.74 Å². The third-order valence-electron chi connectivity index (χ3n) is 8.60. The summed E-state index contributed by atoms with van der Waals surface area (Å²) in [6, 6.07) is 26.7. The minimum atomic E-state index is -0.305.